The maximum Gasteiger partial charge on any atom is 0.408 e. The molecular formula is C15H21ClN2O4S. The topological polar surface area (TPSA) is 88.5 Å². The van der Waals surface area contributed by atoms with Gasteiger partial charge in [0.25, 0.3) is 0 Å². The van der Waals surface area contributed by atoms with Crippen molar-refractivity contribution in [1.29, 1.82) is 0 Å². The molecule has 0 aromatic carbocycles. The fraction of sp³-hybridized carbons (Fsp3) is 0.533. The van der Waals surface area contributed by atoms with Gasteiger partial charge in [0.1, 0.15) is 16.8 Å². The van der Waals surface area contributed by atoms with Crippen LogP contribution in [0.3, 0.4) is 0 Å². The van der Waals surface area contributed by atoms with Gasteiger partial charge in [-0.3, -0.25) is 0 Å². The van der Waals surface area contributed by atoms with E-state index in [9.17, 15) is 9.59 Å². The average Bonchev–Trinajstić information content (AvgIpc) is 2.40. The van der Waals surface area contributed by atoms with E-state index in [0.29, 0.717) is 23.1 Å². The van der Waals surface area contributed by atoms with Gasteiger partial charge in [-0.1, -0.05) is 17.7 Å². The van der Waals surface area contributed by atoms with Crippen molar-refractivity contribution in [2.75, 3.05) is 5.75 Å². The molecule has 0 bridgehead atoms. The normalized spacial score (nSPS) is 12.5. The summed E-state index contributed by atoms with van der Waals surface area (Å²) in [7, 11) is 0. The molecule has 0 aliphatic heterocycles. The highest BCUT2D eigenvalue weighted by Gasteiger charge is 2.23. The predicted molar refractivity (Wildman–Crippen MR) is 90.8 cm³/mol. The zero-order valence-corrected chi connectivity index (χ0v) is 14.9. The molecule has 0 aliphatic carbocycles. The Morgan fingerprint density at radius 1 is 1.43 bits per heavy atom. The minimum absolute atomic E-state index is 0.291. The lowest BCUT2D eigenvalue weighted by atomic mass is 10.2. The number of nitrogens with one attached hydrogen (secondary N) is 1. The molecule has 23 heavy (non-hydrogen) atoms. The highest BCUT2D eigenvalue weighted by molar-refractivity contribution is 7.98. The number of aliphatic carboxylic acids is 1. The summed E-state index contributed by atoms with van der Waals surface area (Å²) >= 11 is 7.32. The molecule has 0 fully saturated rings. The third-order valence-corrected chi connectivity index (χ3v) is 3.80. The highest BCUT2D eigenvalue weighted by Crippen LogP contribution is 2.15. The first-order valence-electron chi connectivity index (χ1n) is 7.09. The standard InChI is InChI=1S/C15H21ClN2O4S/c1-15(2,3)22-14(21)18-11(13(19)20)7-8-23-9-10-5-4-6-12(16)17-10/h4-6,11H,7-9H2,1-3H3,(H,18,21)(H,19,20). The van der Waals surface area contributed by atoms with E-state index in [2.05, 4.69) is 10.3 Å². The Hall–Kier alpha value is -1.47. The number of amides is 1. The van der Waals surface area contributed by atoms with E-state index in [1.807, 2.05) is 12.1 Å². The second-order valence-electron chi connectivity index (χ2n) is 5.83. The third-order valence-electron chi connectivity index (χ3n) is 2.56. The number of hydrogen-bond acceptors (Lipinski definition) is 5. The fourth-order valence-electron chi connectivity index (χ4n) is 1.62. The van der Waals surface area contributed by atoms with Gasteiger partial charge < -0.3 is 15.2 Å². The largest absolute Gasteiger partial charge is 0.480 e. The van der Waals surface area contributed by atoms with E-state index in [1.54, 1.807) is 26.8 Å². The number of ether oxygens (including phenoxy) is 1. The molecule has 0 aliphatic rings. The van der Waals surface area contributed by atoms with Crippen molar-refractivity contribution in [3.63, 3.8) is 0 Å². The Morgan fingerprint density at radius 2 is 2.13 bits per heavy atom. The van der Waals surface area contributed by atoms with Crippen LogP contribution >= 0.6 is 23.4 Å². The summed E-state index contributed by atoms with van der Waals surface area (Å²) in [5.74, 6) is 0.0951. The lowest BCUT2D eigenvalue weighted by Gasteiger charge is -2.21. The fourth-order valence-corrected chi connectivity index (χ4v) is 2.71. The van der Waals surface area contributed by atoms with Crippen molar-refractivity contribution in [1.82, 2.24) is 10.3 Å². The molecule has 0 spiro atoms. The Morgan fingerprint density at radius 3 is 2.70 bits per heavy atom. The van der Waals surface area contributed by atoms with E-state index in [1.165, 1.54) is 11.8 Å². The van der Waals surface area contributed by atoms with Crippen LogP contribution in [0.2, 0.25) is 5.15 Å². The third kappa shape index (κ3) is 8.66. The smallest absolute Gasteiger partial charge is 0.408 e. The molecule has 0 saturated carbocycles. The Kier molecular flexibility index (Phi) is 7.64. The van der Waals surface area contributed by atoms with Gasteiger partial charge in [0.05, 0.1) is 5.69 Å². The van der Waals surface area contributed by atoms with Gasteiger partial charge in [0.2, 0.25) is 0 Å². The Labute approximate surface area is 145 Å². The Balaban J connectivity index is 2.39. The Bertz CT molecular complexity index is 549. The van der Waals surface area contributed by atoms with E-state index in [0.717, 1.165) is 5.69 Å². The molecule has 1 atom stereocenters. The minimum Gasteiger partial charge on any atom is -0.480 e. The van der Waals surface area contributed by atoms with Crippen molar-refractivity contribution < 1.29 is 19.4 Å². The van der Waals surface area contributed by atoms with Crippen LogP contribution in [0.15, 0.2) is 18.2 Å². The number of pyridine rings is 1. The number of aromatic nitrogens is 1. The lowest BCUT2D eigenvalue weighted by Crippen LogP contribution is -2.43. The second kappa shape index (κ2) is 8.98. The molecule has 1 aromatic heterocycles. The predicted octanol–water partition coefficient (Wildman–Crippen LogP) is 3.34. The van der Waals surface area contributed by atoms with Crippen LogP contribution in [0.5, 0.6) is 0 Å². The zero-order valence-electron chi connectivity index (χ0n) is 13.3. The minimum atomic E-state index is -1.09. The number of carbonyl (C=O) groups excluding carboxylic acids is 1. The molecule has 0 radical (unpaired) electrons. The van der Waals surface area contributed by atoms with Crippen molar-refractivity contribution in [2.45, 2.75) is 44.6 Å². The van der Waals surface area contributed by atoms with Gasteiger partial charge in [-0.2, -0.15) is 11.8 Å². The summed E-state index contributed by atoms with van der Waals surface area (Å²) in [6.07, 6.45) is -0.439. The van der Waals surface area contributed by atoms with Crippen LogP contribution in [-0.4, -0.2) is 39.5 Å². The number of halogens is 1. The van der Waals surface area contributed by atoms with Gasteiger partial charge in [0.15, 0.2) is 0 Å². The lowest BCUT2D eigenvalue weighted by molar-refractivity contribution is -0.139. The SMILES string of the molecule is CC(C)(C)OC(=O)NC(CCSCc1cccc(Cl)n1)C(=O)O. The van der Waals surface area contributed by atoms with Crippen molar-refractivity contribution in [3.05, 3.63) is 29.0 Å². The summed E-state index contributed by atoms with van der Waals surface area (Å²) < 4.78 is 5.06. The molecule has 0 saturated heterocycles. The number of hydrogen-bond donors (Lipinski definition) is 2. The van der Waals surface area contributed by atoms with E-state index in [-0.39, 0.29) is 0 Å². The molecular weight excluding hydrogens is 340 g/mol. The number of carboxylic acid groups (broad SMARTS) is 1. The first-order chi connectivity index (χ1) is 10.7. The van der Waals surface area contributed by atoms with Gasteiger partial charge in [-0.25, -0.2) is 14.6 Å². The van der Waals surface area contributed by atoms with Gasteiger partial charge >= 0.3 is 12.1 Å². The molecule has 1 rings (SSSR count). The van der Waals surface area contributed by atoms with E-state index >= 15 is 0 Å². The number of nitrogens with zero attached hydrogens (tertiary/aromatic N) is 1. The molecule has 1 unspecified atom stereocenters. The molecule has 8 heteroatoms. The molecule has 6 nitrogen and oxygen atoms in total. The summed E-state index contributed by atoms with van der Waals surface area (Å²) in [5.41, 5.74) is 0.162. The monoisotopic (exact) mass is 360 g/mol. The molecule has 128 valence electrons. The summed E-state index contributed by atoms with van der Waals surface area (Å²) in [4.78, 5) is 27.0. The molecule has 1 aromatic rings. The number of thioether (sulfide) groups is 1. The van der Waals surface area contributed by atoms with Gasteiger partial charge in [0, 0.05) is 5.75 Å². The highest BCUT2D eigenvalue weighted by atomic mass is 35.5. The van der Waals surface area contributed by atoms with Crippen LogP contribution in [0.4, 0.5) is 4.79 Å². The van der Waals surface area contributed by atoms with Crippen LogP contribution in [0.25, 0.3) is 0 Å². The van der Waals surface area contributed by atoms with Crippen LogP contribution in [0.1, 0.15) is 32.9 Å². The van der Waals surface area contributed by atoms with Gasteiger partial charge in [-0.15, -0.1) is 0 Å². The van der Waals surface area contributed by atoms with Gasteiger partial charge in [-0.05, 0) is 45.1 Å². The van der Waals surface area contributed by atoms with Crippen LogP contribution < -0.4 is 5.32 Å². The quantitative estimate of drug-likeness (QED) is 0.572. The number of alkyl carbamates (subject to hydrolysis) is 1. The zero-order chi connectivity index (χ0) is 17.5. The molecule has 2 N–H and O–H groups in total. The maximum atomic E-state index is 11.6. The van der Waals surface area contributed by atoms with Crippen molar-refractivity contribution >= 4 is 35.4 Å². The maximum absolute atomic E-state index is 11.6. The summed E-state index contributed by atoms with van der Waals surface area (Å²) in [6, 6.07) is 4.38. The summed E-state index contributed by atoms with van der Waals surface area (Å²) in [6.45, 7) is 5.16. The molecule has 1 amide bonds. The van der Waals surface area contributed by atoms with Crippen LogP contribution in [0, 0.1) is 0 Å². The number of carbonyl (C=O) groups is 2. The number of carboxylic acids is 1. The van der Waals surface area contributed by atoms with Crippen molar-refractivity contribution in [2.24, 2.45) is 0 Å². The van der Waals surface area contributed by atoms with Crippen molar-refractivity contribution in [3.8, 4) is 0 Å². The van der Waals surface area contributed by atoms with Crippen LogP contribution in [-0.2, 0) is 15.3 Å². The first-order valence-corrected chi connectivity index (χ1v) is 8.62. The average molecular weight is 361 g/mol. The first kappa shape index (κ1) is 19.6. The molecule has 1 heterocycles. The van der Waals surface area contributed by atoms with E-state index in [4.69, 9.17) is 21.4 Å². The second-order valence-corrected chi connectivity index (χ2v) is 7.32. The van der Waals surface area contributed by atoms with E-state index < -0.39 is 23.7 Å². The number of rotatable bonds is 7. The summed E-state index contributed by atoms with van der Waals surface area (Å²) in [5, 5.41) is 12.0.